The van der Waals surface area contributed by atoms with Crippen LogP contribution in [0.5, 0.6) is 0 Å². The lowest BCUT2D eigenvalue weighted by Crippen LogP contribution is -2.49. The molecule has 2 aromatic rings. The maximum Gasteiger partial charge on any atom is 0.396 e. The number of piperazine rings is 1. The molecule has 0 radical (unpaired) electrons. The average Bonchev–Trinajstić information content (AvgIpc) is 3.02. The molecule has 0 bridgehead atoms. The van der Waals surface area contributed by atoms with Gasteiger partial charge in [-0.15, -0.1) is 10.2 Å². The predicted octanol–water partition coefficient (Wildman–Crippen LogP) is 7.21. The number of amidine groups is 2. The molecule has 1 fully saturated rings. The van der Waals surface area contributed by atoms with Crippen molar-refractivity contribution in [2.45, 2.75) is 27.7 Å². The summed E-state index contributed by atoms with van der Waals surface area (Å²) in [7, 11) is 0. The van der Waals surface area contributed by atoms with E-state index in [4.69, 9.17) is 18.1 Å². The minimum atomic E-state index is -3.54. The van der Waals surface area contributed by atoms with E-state index in [2.05, 4.69) is 20.4 Å². The zero-order valence-corrected chi connectivity index (χ0v) is 28.9. The Morgan fingerprint density at radius 2 is 0.955 bits per heavy atom. The summed E-state index contributed by atoms with van der Waals surface area (Å²) in [5, 5.41) is 18.2. The molecule has 1 heterocycles. The molecule has 1 saturated heterocycles. The fourth-order valence-electron chi connectivity index (χ4n) is 3.75. The summed E-state index contributed by atoms with van der Waals surface area (Å²) >= 11 is 1.88. The summed E-state index contributed by atoms with van der Waals surface area (Å²) in [6.45, 7) is 2.75. The molecule has 0 amide bonds. The van der Waals surface area contributed by atoms with E-state index in [9.17, 15) is 9.13 Å². The lowest BCUT2D eigenvalue weighted by molar-refractivity contribution is 0.235. The van der Waals surface area contributed by atoms with E-state index in [1.54, 1.807) is 40.1 Å². The number of hydrogen-bond acceptors (Lipinski definition) is 12. The molecule has 16 heteroatoms. The van der Waals surface area contributed by atoms with E-state index in [-0.39, 0.29) is 26.4 Å². The van der Waals surface area contributed by atoms with Crippen molar-refractivity contribution < 1.29 is 27.2 Å². The van der Waals surface area contributed by atoms with Gasteiger partial charge in [0.25, 0.3) is 0 Å². The maximum absolute atomic E-state index is 13.4. The molecule has 1 aliphatic rings. The monoisotopic (exact) mass is 682 g/mol. The fraction of sp³-hybridized carbons (Fsp3) is 0.429. The lowest BCUT2D eigenvalue weighted by Gasteiger charge is -2.37. The average molecular weight is 683 g/mol. The Labute approximate surface area is 267 Å². The van der Waals surface area contributed by atoms with Crippen LogP contribution in [0.3, 0.4) is 0 Å². The van der Waals surface area contributed by atoms with Crippen LogP contribution in [-0.4, -0.2) is 85.2 Å². The molecule has 0 aliphatic carbocycles. The maximum atomic E-state index is 13.4. The zero-order valence-electron chi connectivity index (χ0n) is 25.4. The molecule has 0 spiro atoms. The lowest BCUT2D eigenvalue weighted by atomic mass is 10.2. The highest BCUT2D eigenvalue weighted by atomic mass is 32.7. The van der Waals surface area contributed by atoms with Gasteiger partial charge in [-0.25, -0.2) is 9.13 Å². The molecule has 12 nitrogen and oxygen atoms in total. The van der Waals surface area contributed by atoms with Crippen LogP contribution in [0.15, 0.2) is 81.1 Å². The molecule has 0 aromatic heterocycles. The third-order valence-electron chi connectivity index (χ3n) is 5.66. The second-order valence-electron chi connectivity index (χ2n) is 8.80. The van der Waals surface area contributed by atoms with Gasteiger partial charge in [0.2, 0.25) is 0 Å². The minimum absolute atomic E-state index is 0.221. The van der Waals surface area contributed by atoms with Crippen molar-refractivity contribution in [2.75, 3.05) is 52.6 Å². The molecule has 0 N–H and O–H groups in total. The van der Waals surface area contributed by atoms with Crippen LogP contribution < -0.4 is 0 Å². The Kier molecular flexibility index (Phi) is 15.9. The Balaban J connectivity index is 1.84. The summed E-state index contributed by atoms with van der Waals surface area (Å²) in [4.78, 5) is 3.93. The first-order chi connectivity index (χ1) is 21.3. The third kappa shape index (κ3) is 12.3. The Morgan fingerprint density at radius 1 is 0.636 bits per heavy atom. The molecule has 1 aliphatic heterocycles. The van der Waals surface area contributed by atoms with E-state index < -0.39 is 13.6 Å². The van der Waals surface area contributed by atoms with Gasteiger partial charge in [-0.1, -0.05) is 60.7 Å². The van der Waals surface area contributed by atoms with Gasteiger partial charge in [-0.2, -0.15) is 10.2 Å². The third-order valence-corrected chi connectivity index (χ3v) is 13.0. The van der Waals surface area contributed by atoms with E-state index >= 15 is 0 Å². The molecule has 0 saturated carbocycles. The van der Waals surface area contributed by atoms with Crippen molar-refractivity contribution >= 4 is 59.1 Å². The molecule has 0 atom stereocenters. The van der Waals surface area contributed by atoms with Crippen LogP contribution in [-0.2, 0) is 27.2 Å². The highest BCUT2D eigenvalue weighted by molar-refractivity contribution is 8.62. The Bertz CT molecular complexity index is 1240. The molecule has 240 valence electrons. The standard InChI is InChI=1S/C28H40N6O6P2S2/c1-5-37-41(35,38-6-2)43-27(31-29-23-25-15-11-9-12-16-25)33-19-21-34(22-20-33)28(44-42(36,39-7-3)40-8-4)32-30-24-26-17-13-10-14-18-26/h9-18,23-24H,5-8,19-22H2,1-4H3/b29-23+,30-24+,31-27+,32-28+. The second-order valence-corrected chi connectivity index (χ2v) is 16.5. The number of nitrogens with zero attached hydrogens (tertiary/aromatic N) is 6. The number of hydrogen-bond donors (Lipinski definition) is 0. The molecular formula is C28H40N6O6P2S2. The van der Waals surface area contributed by atoms with Gasteiger partial charge in [-0.05, 0) is 38.8 Å². The quantitative estimate of drug-likeness (QED) is 0.0873. The highest BCUT2D eigenvalue weighted by Gasteiger charge is 2.35. The van der Waals surface area contributed by atoms with Gasteiger partial charge in [0.05, 0.1) is 38.9 Å². The Hall–Kier alpha value is -2.28. The van der Waals surface area contributed by atoms with Gasteiger partial charge in [-0.3, -0.25) is 0 Å². The van der Waals surface area contributed by atoms with E-state index in [1.807, 2.05) is 70.5 Å². The van der Waals surface area contributed by atoms with Gasteiger partial charge in [0.15, 0.2) is 10.3 Å². The van der Waals surface area contributed by atoms with Crippen molar-refractivity contribution in [3.8, 4) is 0 Å². The van der Waals surface area contributed by atoms with Crippen LogP contribution in [0.4, 0.5) is 0 Å². The van der Waals surface area contributed by atoms with Crippen LogP contribution >= 0.6 is 36.4 Å². The first-order valence-corrected chi connectivity index (χ1v) is 20.3. The van der Waals surface area contributed by atoms with Crippen LogP contribution in [0.1, 0.15) is 38.8 Å². The van der Waals surface area contributed by atoms with Crippen molar-refractivity contribution in [1.82, 2.24) is 9.80 Å². The molecule has 3 rings (SSSR count). The highest BCUT2D eigenvalue weighted by Crippen LogP contribution is 2.62. The topological polar surface area (TPSA) is 127 Å². The van der Waals surface area contributed by atoms with Crippen molar-refractivity contribution in [2.24, 2.45) is 20.4 Å². The summed E-state index contributed by atoms with van der Waals surface area (Å²) in [5.74, 6) is 0. The molecule has 2 aromatic carbocycles. The summed E-state index contributed by atoms with van der Waals surface area (Å²) in [5.41, 5.74) is 1.76. The number of benzene rings is 2. The van der Waals surface area contributed by atoms with E-state index in [0.29, 0.717) is 36.5 Å². The van der Waals surface area contributed by atoms with Crippen LogP contribution in [0, 0.1) is 0 Å². The first kappa shape index (κ1) is 36.2. The smallest absolute Gasteiger partial charge is 0.346 e. The summed E-state index contributed by atoms with van der Waals surface area (Å²) < 4.78 is 49.0. The molecular weight excluding hydrogens is 642 g/mol. The van der Waals surface area contributed by atoms with E-state index in [1.165, 1.54) is 0 Å². The first-order valence-electron chi connectivity index (χ1n) is 14.3. The van der Waals surface area contributed by atoms with Crippen molar-refractivity contribution in [3.63, 3.8) is 0 Å². The van der Waals surface area contributed by atoms with Gasteiger partial charge in [0.1, 0.15) is 0 Å². The molecule has 0 unspecified atom stereocenters. The zero-order chi connectivity index (χ0) is 31.7. The largest absolute Gasteiger partial charge is 0.396 e. The predicted molar refractivity (Wildman–Crippen MR) is 183 cm³/mol. The van der Waals surface area contributed by atoms with Gasteiger partial charge in [0, 0.05) is 48.9 Å². The van der Waals surface area contributed by atoms with Crippen LogP contribution in [0.25, 0.3) is 0 Å². The van der Waals surface area contributed by atoms with Crippen LogP contribution in [0.2, 0.25) is 0 Å². The summed E-state index contributed by atoms with van der Waals surface area (Å²) in [6.07, 6.45) is 3.27. The van der Waals surface area contributed by atoms with Gasteiger partial charge < -0.3 is 27.9 Å². The fourth-order valence-corrected chi connectivity index (χ4v) is 10.5. The molecule has 44 heavy (non-hydrogen) atoms. The van der Waals surface area contributed by atoms with Gasteiger partial charge >= 0.3 is 13.6 Å². The second kappa shape index (κ2) is 19.3. The SMILES string of the molecule is CCOP(=O)(OCC)S/C(=N/N=C/c1ccccc1)N1CCN(/C(=N\N=C\c2ccccc2)SP(=O)(OCC)OCC)CC1. The minimum Gasteiger partial charge on any atom is -0.346 e. The van der Waals surface area contributed by atoms with E-state index in [0.717, 1.165) is 33.9 Å². The number of rotatable bonds is 14. The summed E-state index contributed by atoms with van der Waals surface area (Å²) in [6, 6.07) is 19.2. The Morgan fingerprint density at radius 3 is 1.25 bits per heavy atom. The normalized spacial score (nSPS) is 15.5. The van der Waals surface area contributed by atoms with Crippen molar-refractivity contribution in [3.05, 3.63) is 71.8 Å². The van der Waals surface area contributed by atoms with Crippen molar-refractivity contribution in [1.29, 1.82) is 0 Å².